The molecule has 1 aliphatic rings. The van der Waals surface area contributed by atoms with E-state index >= 15 is 0 Å². The fourth-order valence-corrected chi connectivity index (χ4v) is 3.77. The Morgan fingerprint density at radius 1 is 1.43 bits per heavy atom. The number of halogens is 2. The van der Waals surface area contributed by atoms with Gasteiger partial charge in [-0.1, -0.05) is 32.4 Å². The molecule has 0 amide bonds. The number of benzene rings is 1. The highest BCUT2D eigenvalue weighted by molar-refractivity contribution is 9.10. The molecule has 1 aromatic carbocycles. The maximum absolute atomic E-state index is 12.0. The van der Waals surface area contributed by atoms with Gasteiger partial charge < -0.3 is 10.4 Å². The monoisotopic (exact) mass is 373 g/mol. The smallest absolute Gasteiger partial charge is 0.329 e. The van der Waals surface area contributed by atoms with Crippen LogP contribution < -0.4 is 5.32 Å². The van der Waals surface area contributed by atoms with Crippen LogP contribution in [0.5, 0.6) is 0 Å². The van der Waals surface area contributed by atoms with E-state index in [0.717, 1.165) is 23.0 Å². The van der Waals surface area contributed by atoms with E-state index in [2.05, 4.69) is 35.1 Å². The third-order valence-corrected chi connectivity index (χ3v) is 5.78. The van der Waals surface area contributed by atoms with Crippen LogP contribution in [0.3, 0.4) is 0 Å². The van der Waals surface area contributed by atoms with Gasteiger partial charge in [0.15, 0.2) is 0 Å². The number of hydrogen-bond acceptors (Lipinski definition) is 2. The standard InChI is InChI=1S/C16H21BrClNO2/c1-10-9-15(2,3)6-7-16(10,14(20)21)19-11-4-5-13(18)12(17)8-11/h4-5,8,10,19H,6-7,9H2,1-3H3,(H,20,21). The molecule has 3 nitrogen and oxygen atoms in total. The number of nitrogens with one attached hydrogen (secondary N) is 1. The molecule has 0 spiro atoms. The topological polar surface area (TPSA) is 49.3 Å². The summed E-state index contributed by atoms with van der Waals surface area (Å²) >= 11 is 9.38. The van der Waals surface area contributed by atoms with E-state index in [4.69, 9.17) is 11.6 Å². The Bertz CT molecular complexity index is 561. The van der Waals surface area contributed by atoms with Crippen molar-refractivity contribution in [2.45, 2.75) is 45.6 Å². The average molecular weight is 375 g/mol. The second kappa shape index (κ2) is 5.81. The lowest BCUT2D eigenvalue weighted by Gasteiger charge is -2.46. The van der Waals surface area contributed by atoms with Crippen LogP contribution >= 0.6 is 27.5 Å². The second-order valence-corrected chi connectivity index (χ2v) is 8.06. The molecule has 0 aliphatic heterocycles. The number of rotatable bonds is 3. The van der Waals surface area contributed by atoms with Crippen LogP contribution in [0.1, 0.15) is 40.0 Å². The molecule has 0 aromatic heterocycles. The minimum absolute atomic E-state index is 0.0493. The number of hydrogen-bond donors (Lipinski definition) is 2. The fraction of sp³-hybridized carbons (Fsp3) is 0.562. The lowest BCUT2D eigenvalue weighted by Crippen LogP contribution is -2.55. The van der Waals surface area contributed by atoms with Crippen molar-refractivity contribution in [2.24, 2.45) is 11.3 Å². The van der Waals surface area contributed by atoms with Gasteiger partial charge in [0.2, 0.25) is 0 Å². The zero-order chi connectivity index (χ0) is 15.8. The zero-order valence-electron chi connectivity index (χ0n) is 12.5. The Labute approximate surface area is 139 Å². The van der Waals surface area contributed by atoms with Crippen LogP contribution in [0.15, 0.2) is 22.7 Å². The zero-order valence-corrected chi connectivity index (χ0v) is 14.9. The molecule has 116 valence electrons. The molecule has 1 saturated carbocycles. The van der Waals surface area contributed by atoms with Gasteiger partial charge in [-0.2, -0.15) is 0 Å². The van der Waals surface area contributed by atoms with Crippen molar-refractivity contribution in [1.29, 1.82) is 0 Å². The number of aliphatic carboxylic acids is 1. The molecule has 1 fully saturated rings. The minimum atomic E-state index is -0.914. The van der Waals surface area contributed by atoms with Crippen molar-refractivity contribution >= 4 is 39.2 Å². The summed E-state index contributed by atoms with van der Waals surface area (Å²) in [6, 6.07) is 5.42. The van der Waals surface area contributed by atoms with Gasteiger partial charge in [-0.3, -0.25) is 0 Å². The van der Waals surface area contributed by atoms with Gasteiger partial charge in [0.05, 0.1) is 5.02 Å². The lowest BCUT2D eigenvalue weighted by molar-refractivity contribution is -0.146. The molecular formula is C16H21BrClNO2. The molecule has 2 N–H and O–H groups in total. The van der Waals surface area contributed by atoms with E-state index in [1.165, 1.54) is 0 Å². The Balaban J connectivity index is 2.31. The lowest BCUT2D eigenvalue weighted by atomic mass is 9.63. The first-order valence-corrected chi connectivity index (χ1v) is 8.30. The molecule has 1 aromatic rings. The van der Waals surface area contributed by atoms with Crippen molar-refractivity contribution < 1.29 is 9.90 Å². The van der Waals surface area contributed by atoms with Crippen LogP contribution in [-0.4, -0.2) is 16.6 Å². The fourth-order valence-electron chi connectivity index (χ4n) is 3.28. The van der Waals surface area contributed by atoms with E-state index in [9.17, 15) is 9.90 Å². The van der Waals surface area contributed by atoms with Crippen molar-refractivity contribution in [2.75, 3.05) is 5.32 Å². The van der Waals surface area contributed by atoms with Crippen LogP contribution in [0.25, 0.3) is 0 Å². The number of carboxylic acid groups (broad SMARTS) is 1. The molecule has 0 heterocycles. The summed E-state index contributed by atoms with van der Waals surface area (Å²) < 4.78 is 0.762. The summed E-state index contributed by atoms with van der Waals surface area (Å²) in [5, 5.41) is 13.7. The number of anilines is 1. The van der Waals surface area contributed by atoms with E-state index in [-0.39, 0.29) is 11.3 Å². The number of carbonyl (C=O) groups is 1. The van der Waals surface area contributed by atoms with Crippen LogP contribution in [0.2, 0.25) is 5.02 Å². The predicted molar refractivity (Wildman–Crippen MR) is 89.9 cm³/mol. The summed E-state index contributed by atoms with van der Waals surface area (Å²) in [7, 11) is 0. The van der Waals surface area contributed by atoms with E-state index in [1.807, 2.05) is 19.1 Å². The molecular weight excluding hydrogens is 354 g/mol. The first kappa shape index (κ1) is 16.6. The molecule has 0 bridgehead atoms. The summed E-state index contributed by atoms with van der Waals surface area (Å²) in [6.45, 7) is 6.43. The van der Waals surface area contributed by atoms with Crippen LogP contribution in [0.4, 0.5) is 5.69 Å². The third-order valence-electron chi connectivity index (χ3n) is 4.56. The Hall–Kier alpha value is -0.740. The first-order chi connectivity index (χ1) is 9.66. The Kier molecular flexibility index (Phi) is 4.60. The number of carboxylic acids is 1. The summed E-state index contributed by atoms with van der Waals surface area (Å²) in [5.41, 5.74) is 0.0592. The summed E-state index contributed by atoms with van der Waals surface area (Å²) in [4.78, 5) is 12.0. The molecule has 1 aliphatic carbocycles. The van der Waals surface area contributed by atoms with Gasteiger partial charge in [0.1, 0.15) is 5.54 Å². The predicted octanol–water partition coefficient (Wildman–Crippen LogP) is 5.18. The minimum Gasteiger partial charge on any atom is -0.479 e. The third kappa shape index (κ3) is 3.37. The highest BCUT2D eigenvalue weighted by atomic mass is 79.9. The van der Waals surface area contributed by atoms with E-state index in [0.29, 0.717) is 11.4 Å². The highest BCUT2D eigenvalue weighted by Crippen LogP contribution is 2.45. The SMILES string of the molecule is CC1CC(C)(C)CCC1(Nc1ccc(Cl)c(Br)c1)C(=O)O. The maximum Gasteiger partial charge on any atom is 0.329 e. The van der Waals surface area contributed by atoms with Gasteiger partial charge in [0, 0.05) is 10.2 Å². The van der Waals surface area contributed by atoms with E-state index in [1.54, 1.807) is 6.07 Å². The maximum atomic E-state index is 12.0. The van der Waals surface area contributed by atoms with E-state index < -0.39 is 11.5 Å². The first-order valence-electron chi connectivity index (χ1n) is 7.13. The molecule has 2 rings (SSSR count). The van der Waals surface area contributed by atoms with Gasteiger partial charge in [-0.25, -0.2) is 4.79 Å². The Morgan fingerprint density at radius 2 is 2.10 bits per heavy atom. The second-order valence-electron chi connectivity index (χ2n) is 6.80. The molecule has 0 saturated heterocycles. The van der Waals surface area contributed by atoms with Crippen molar-refractivity contribution in [3.8, 4) is 0 Å². The summed E-state index contributed by atoms with van der Waals surface area (Å²) in [5.74, 6) is -0.732. The van der Waals surface area contributed by atoms with Gasteiger partial charge in [0.25, 0.3) is 0 Å². The normalized spacial score (nSPS) is 28.1. The highest BCUT2D eigenvalue weighted by Gasteiger charge is 2.49. The van der Waals surface area contributed by atoms with Crippen molar-refractivity contribution in [3.63, 3.8) is 0 Å². The molecule has 21 heavy (non-hydrogen) atoms. The Morgan fingerprint density at radius 3 is 2.62 bits per heavy atom. The van der Waals surface area contributed by atoms with Crippen molar-refractivity contribution in [1.82, 2.24) is 0 Å². The average Bonchev–Trinajstić information content (AvgIpc) is 2.36. The van der Waals surface area contributed by atoms with Crippen molar-refractivity contribution in [3.05, 3.63) is 27.7 Å². The molecule has 5 heteroatoms. The molecule has 2 atom stereocenters. The van der Waals surface area contributed by atoms with Gasteiger partial charge in [-0.15, -0.1) is 0 Å². The largest absolute Gasteiger partial charge is 0.479 e. The molecule has 0 radical (unpaired) electrons. The molecule has 2 unspecified atom stereocenters. The van der Waals surface area contributed by atoms with Gasteiger partial charge in [-0.05, 0) is 64.7 Å². The van der Waals surface area contributed by atoms with Crippen LogP contribution in [0, 0.1) is 11.3 Å². The summed E-state index contributed by atoms with van der Waals surface area (Å²) in [6.07, 6.45) is 2.41. The van der Waals surface area contributed by atoms with Crippen LogP contribution in [-0.2, 0) is 4.79 Å². The van der Waals surface area contributed by atoms with Gasteiger partial charge >= 0.3 is 5.97 Å². The quantitative estimate of drug-likeness (QED) is 0.766.